The average Bonchev–Trinajstić information content (AvgIpc) is 2.52. The number of rotatable bonds is 6. The van der Waals surface area contributed by atoms with Crippen molar-refractivity contribution in [3.05, 3.63) is 58.1 Å². The zero-order chi connectivity index (χ0) is 17.0. The summed E-state index contributed by atoms with van der Waals surface area (Å²) in [6.45, 7) is 0.0835. The Bertz CT molecular complexity index is 823. The Hall–Kier alpha value is -2.32. The number of nitrogens with zero attached hydrogens (tertiary/aromatic N) is 1. The zero-order valence-electron chi connectivity index (χ0n) is 11.9. The van der Waals surface area contributed by atoms with E-state index in [1.165, 1.54) is 7.11 Å². The average molecular weight is 358 g/mol. The first-order chi connectivity index (χ1) is 10.8. The number of methoxy groups -OCH3 is 1. The smallest absolute Gasteiger partial charge is 0.274 e. The maximum atomic E-state index is 11.6. The SMILES string of the molecule is COc1c(OCc2ccccc2)cc([N+](=O)[O-])cc1S(=O)(=O)Cl. The van der Waals surface area contributed by atoms with Gasteiger partial charge in [0.25, 0.3) is 14.7 Å². The van der Waals surface area contributed by atoms with Gasteiger partial charge in [-0.05, 0) is 5.56 Å². The molecule has 122 valence electrons. The van der Waals surface area contributed by atoms with Crippen LogP contribution >= 0.6 is 10.7 Å². The Morgan fingerprint density at radius 3 is 2.39 bits per heavy atom. The minimum atomic E-state index is -4.24. The number of ether oxygens (including phenoxy) is 2. The van der Waals surface area contributed by atoms with Gasteiger partial charge in [0.05, 0.1) is 18.1 Å². The van der Waals surface area contributed by atoms with E-state index < -0.39 is 24.6 Å². The van der Waals surface area contributed by atoms with E-state index in [1.807, 2.05) is 6.07 Å². The number of benzene rings is 2. The topological polar surface area (TPSA) is 95.7 Å². The van der Waals surface area contributed by atoms with Crippen LogP contribution in [0, 0.1) is 10.1 Å². The largest absolute Gasteiger partial charge is 0.492 e. The zero-order valence-corrected chi connectivity index (χ0v) is 13.5. The molecule has 0 heterocycles. The van der Waals surface area contributed by atoms with Crippen LogP contribution in [-0.4, -0.2) is 20.5 Å². The van der Waals surface area contributed by atoms with Gasteiger partial charge in [0.1, 0.15) is 11.5 Å². The number of hydrogen-bond acceptors (Lipinski definition) is 6. The normalized spacial score (nSPS) is 11.0. The van der Waals surface area contributed by atoms with Crippen molar-refractivity contribution < 1.29 is 22.8 Å². The summed E-state index contributed by atoms with van der Waals surface area (Å²) < 4.78 is 33.7. The molecule has 0 aliphatic carbocycles. The van der Waals surface area contributed by atoms with E-state index in [9.17, 15) is 18.5 Å². The van der Waals surface area contributed by atoms with Gasteiger partial charge in [-0.25, -0.2) is 8.42 Å². The van der Waals surface area contributed by atoms with Crippen LogP contribution in [0.15, 0.2) is 47.4 Å². The second kappa shape index (κ2) is 6.84. The van der Waals surface area contributed by atoms with Crippen molar-refractivity contribution in [2.75, 3.05) is 7.11 Å². The van der Waals surface area contributed by atoms with E-state index in [-0.39, 0.29) is 18.1 Å². The number of nitro groups is 1. The predicted octanol–water partition coefficient (Wildman–Crippen LogP) is 3.11. The minimum Gasteiger partial charge on any atom is -0.492 e. The van der Waals surface area contributed by atoms with E-state index in [2.05, 4.69) is 0 Å². The molecule has 0 atom stereocenters. The third-order valence-electron chi connectivity index (χ3n) is 2.92. The molecule has 0 bridgehead atoms. The minimum absolute atomic E-state index is 0.0789. The molecular formula is C14H12ClNO6S. The van der Waals surface area contributed by atoms with Gasteiger partial charge >= 0.3 is 0 Å². The monoisotopic (exact) mass is 357 g/mol. The third kappa shape index (κ3) is 4.11. The van der Waals surface area contributed by atoms with Gasteiger partial charge in [0.2, 0.25) is 0 Å². The maximum Gasteiger partial charge on any atom is 0.274 e. The summed E-state index contributed by atoms with van der Waals surface area (Å²) in [6.07, 6.45) is 0. The van der Waals surface area contributed by atoms with Gasteiger partial charge in [-0.2, -0.15) is 0 Å². The molecule has 7 nitrogen and oxygen atoms in total. The molecule has 0 spiro atoms. The Labute approximate surface area is 137 Å². The summed E-state index contributed by atoms with van der Waals surface area (Å²) in [5, 5.41) is 11.0. The maximum absolute atomic E-state index is 11.6. The van der Waals surface area contributed by atoms with Gasteiger partial charge in [-0.1, -0.05) is 30.3 Å². The molecule has 2 aromatic carbocycles. The van der Waals surface area contributed by atoms with Gasteiger partial charge < -0.3 is 9.47 Å². The van der Waals surface area contributed by atoms with E-state index in [1.54, 1.807) is 24.3 Å². The number of non-ortho nitro benzene ring substituents is 1. The highest BCUT2D eigenvalue weighted by molar-refractivity contribution is 8.13. The van der Waals surface area contributed by atoms with Crippen LogP contribution in [-0.2, 0) is 15.7 Å². The Balaban J connectivity index is 2.48. The molecular weight excluding hydrogens is 346 g/mol. The van der Waals surface area contributed by atoms with Crippen LogP contribution in [0.3, 0.4) is 0 Å². The molecule has 0 fully saturated rings. The van der Waals surface area contributed by atoms with Crippen LogP contribution in [0.1, 0.15) is 5.56 Å². The molecule has 0 amide bonds. The van der Waals surface area contributed by atoms with Crippen molar-refractivity contribution >= 4 is 25.4 Å². The molecule has 0 unspecified atom stereocenters. The fourth-order valence-electron chi connectivity index (χ4n) is 1.89. The first-order valence-electron chi connectivity index (χ1n) is 6.30. The molecule has 2 aromatic rings. The van der Waals surface area contributed by atoms with Crippen LogP contribution in [0.2, 0.25) is 0 Å². The molecule has 0 aliphatic rings. The van der Waals surface area contributed by atoms with Crippen molar-refractivity contribution in [2.45, 2.75) is 11.5 Å². The Morgan fingerprint density at radius 2 is 1.87 bits per heavy atom. The van der Waals surface area contributed by atoms with E-state index in [4.69, 9.17) is 20.2 Å². The highest BCUT2D eigenvalue weighted by atomic mass is 35.7. The van der Waals surface area contributed by atoms with Gasteiger partial charge in [-0.15, -0.1) is 0 Å². The van der Waals surface area contributed by atoms with E-state index in [0.29, 0.717) is 0 Å². The summed E-state index contributed by atoms with van der Waals surface area (Å²) >= 11 is 0. The van der Waals surface area contributed by atoms with E-state index in [0.717, 1.165) is 17.7 Å². The van der Waals surface area contributed by atoms with Gasteiger partial charge in [-0.3, -0.25) is 10.1 Å². The molecule has 0 saturated heterocycles. The lowest BCUT2D eigenvalue weighted by atomic mass is 10.2. The molecule has 0 aromatic heterocycles. The van der Waals surface area contributed by atoms with Crippen molar-refractivity contribution in [1.29, 1.82) is 0 Å². The summed E-state index contributed by atoms with van der Waals surface area (Å²) in [4.78, 5) is 9.73. The Kier molecular flexibility index (Phi) is 5.07. The fraction of sp³-hybridized carbons (Fsp3) is 0.143. The summed E-state index contributed by atoms with van der Waals surface area (Å²) in [7, 11) is 2.30. The van der Waals surface area contributed by atoms with Crippen molar-refractivity contribution in [2.24, 2.45) is 0 Å². The second-order valence-corrected chi connectivity index (χ2v) is 6.98. The highest BCUT2D eigenvalue weighted by Gasteiger charge is 2.26. The second-order valence-electron chi connectivity index (χ2n) is 4.44. The van der Waals surface area contributed by atoms with Crippen molar-refractivity contribution in [3.8, 4) is 11.5 Å². The first-order valence-corrected chi connectivity index (χ1v) is 8.61. The molecule has 0 radical (unpaired) electrons. The quantitative estimate of drug-likeness (QED) is 0.447. The molecule has 9 heteroatoms. The third-order valence-corrected chi connectivity index (χ3v) is 4.25. The predicted molar refractivity (Wildman–Crippen MR) is 83.5 cm³/mol. The number of hydrogen-bond donors (Lipinski definition) is 0. The highest BCUT2D eigenvalue weighted by Crippen LogP contribution is 2.40. The number of nitro benzene ring substituents is 1. The summed E-state index contributed by atoms with van der Waals surface area (Å²) in [6, 6.07) is 10.9. The lowest BCUT2D eigenvalue weighted by molar-refractivity contribution is -0.385. The molecule has 0 N–H and O–H groups in total. The lowest BCUT2D eigenvalue weighted by Crippen LogP contribution is -2.03. The van der Waals surface area contributed by atoms with Crippen molar-refractivity contribution in [1.82, 2.24) is 0 Å². The molecule has 23 heavy (non-hydrogen) atoms. The standard InChI is InChI=1S/C14H12ClNO6S/c1-21-14-12(22-9-10-5-3-2-4-6-10)7-11(16(17)18)8-13(14)23(15,19)20/h2-8H,9H2,1H3. The number of halogens is 1. The fourth-order valence-corrected chi connectivity index (χ4v) is 2.90. The summed E-state index contributed by atoms with van der Waals surface area (Å²) in [5.41, 5.74) is 0.337. The van der Waals surface area contributed by atoms with Crippen molar-refractivity contribution in [3.63, 3.8) is 0 Å². The molecule has 2 rings (SSSR count). The first kappa shape index (κ1) is 17.0. The van der Waals surface area contributed by atoms with Crippen LogP contribution in [0.5, 0.6) is 11.5 Å². The molecule has 0 saturated carbocycles. The Morgan fingerprint density at radius 1 is 1.22 bits per heavy atom. The summed E-state index contributed by atoms with van der Waals surface area (Å²) in [5.74, 6) is -0.258. The van der Waals surface area contributed by atoms with Crippen LogP contribution in [0.4, 0.5) is 5.69 Å². The van der Waals surface area contributed by atoms with Gasteiger partial charge in [0.15, 0.2) is 11.5 Å². The lowest BCUT2D eigenvalue weighted by Gasteiger charge is -2.13. The van der Waals surface area contributed by atoms with Crippen LogP contribution < -0.4 is 9.47 Å². The van der Waals surface area contributed by atoms with Crippen LogP contribution in [0.25, 0.3) is 0 Å². The molecule has 0 aliphatic heterocycles. The van der Waals surface area contributed by atoms with Gasteiger partial charge in [0, 0.05) is 16.7 Å². The van der Waals surface area contributed by atoms with E-state index >= 15 is 0 Å².